The van der Waals surface area contributed by atoms with E-state index in [0.717, 1.165) is 11.3 Å². The smallest absolute Gasteiger partial charge is 0.124 e. The fourth-order valence-electron chi connectivity index (χ4n) is 1.48. The summed E-state index contributed by atoms with van der Waals surface area (Å²) in [5.74, 6) is 0.889. The minimum atomic E-state index is 0.0751. The molecule has 2 heteroatoms. The molecule has 0 bridgehead atoms. The SMILES string of the molecule is COc1ccccc1[C@H](C)OC(C)C. The van der Waals surface area contributed by atoms with Gasteiger partial charge in [-0.1, -0.05) is 18.2 Å². The van der Waals surface area contributed by atoms with Gasteiger partial charge in [-0.15, -0.1) is 0 Å². The van der Waals surface area contributed by atoms with Gasteiger partial charge in [0.1, 0.15) is 5.75 Å². The molecule has 0 saturated carbocycles. The Morgan fingerprint density at radius 2 is 1.71 bits per heavy atom. The lowest BCUT2D eigenvalue weighted by Crippen LogP contribution is -2.08. The highest BCUT2D eigenvalue weighted by atomic mass is 16.5. The first-order chi connectivity index (χ1) is 6.65. The Labute approximate surface area is 85.8 Å². The molecule has 0 heterocycles. The third-order valence-corrected chi connectivity index (χ3v) is 2.05. The zero-order valence-electron chi connectivity index (χ0n) is 9.28. The Hall–Kier alpha value is -1.02. The van der Waals surface area contributed by atoms with Crippen LogP contribution in [-0.4, -0.2) is 13.2 Å². The van der Waals surface area contributed by atoms with Gasteiger partial charge in [0.15, 0.2) is 0 Å². The Bertz CT molecular complexity index is 281. The van der Waals surface area contributed by atoms with Crippen molar-refractivity contribution in [2.75, 3.05) is 7.11 Å². The first-order valence-corrected chi connectivity index (χ1v) is 4.93. The molecular weight excluding hydrogens is 176 g/mol. The van der Waals surface area contributed by atoms with Gasteiger partial charge >= 0.3 is 0 Å². The summed E-state index contributed by atoms with van der Waals surface area (Å²) in [7, 11) is 1.68. The van der Waals surface area contributed by atoms with Gasteiger partial charge in [-0.25, -0.2) is 0 Å². The molecule has 2 nitrogen and oxygen atoms in total. The van der Waals surface area contributed by atoms with E-state index in [-0.39, 0.29) is 12.2 Å². The van der Waals surface area contributed by atoms with Crippen molar-refractivity contribution in [3.8, 4) is 5.75 Å². The monoisotopic (exact) mass is 194 g/mol. The number of rotatable bonds is 4. The molecule has 0 amide bonds. The topological polar surface area (TPSA) is 18.5 Å². The Morgan fingerprint density at radius 1 is 1.07 bits per heavy atom. The van der Waals surface area contributed by atoms with Crippen molar-refractivity contribution in [1.29, 1.82) is 0 Å². The van der Waals surface area contributed by atoms with Crippen LogP contribution in [0.3, 0.4) is 0 Å². The van der Waals surface area contributed by atoms with E-state index in [1.807, 2.05) is 45.0 Å². The highest BCUT2D eigenvalue weighted by molar-refractivity contribution is 5.34. The van der Waals surface area contributed by atoms with Crippen LogP contribution in [0, 0.1) is 0 Å². The predicted molar refractivity (Wildman–Crippen MR) is 57.6 cm³/mol. The molecular formula is C12H18O2. The molecule has 0 aliphatic rings. The normalized spacial score (nSPS) is 12.9. The van der Waals surface area contributed by atoms with Gasteiger partial charge in [-0.05, 0) is 26.8 Å². The molecule has 0 aliphatic carbocycles. The van der Waals surface area contributed by atoms with Crippen molar-refractivity contribution in [1.82, 2.24) is 0 Å². The van der Waals surface area contributed by atoms with E-state index < -0.39 is 0 Å². The lowest BCUT2D eigenvalue weighted by molar-refractivity contribution is 0.0166. The molecule has 1 atom stereocenters. The third kappa shape index (κ3) is 2.74. The van der Waals surface area contributed by atoms with Crippen LogP contribution in [0.5, 0.6) is 5.75 Å². The van der Waals surface area contributed by atoms with E-state index in [1.165, 1.54) is 0 Å². The average Bonchev–Trinajstić information content (AvgIpc) is 2.16. The Balaban J connectivity index is 2.82. The summed E-state index contributed by atoms with van der Waals surface area (Å²) in [6, 6.07) is 7.95. The zero-order valence-corrected chi connectivity index (χ0v) is 9.28. The fourth-order valence-corrected chi connectivity index (χ4v) is 1.48. The van der Waals surface area contributed by atoms with Gasteiger partial charge in [0.05, 0.1) is 19.3 Å². The minimum Gasteiger partial charge on any atom is -0.496 e. The molecule has 1 aromatic rings. The quantitative estimate of drug-likeness (QED) is 0.733. The van der Waals surface area contributed by atoms with Crippen LogP contribution in [0.15, 0.2) is 24.3 Å². The van der Waals surface area contributed by atoms with Crippen molar-refractivity contribution in [2.45, 2.75) is 33.0 Å². The van der Waals surface area contributed by atoms with E-state index >= 15 is 0 Å². The summed E-state index contributed by atoms with van der Waals surface area (Å²) in [4.78, 5) is 0. The van der Waals surface area contributed by atoms with Gasteiger partial charge < -0.3 is 9.47 Å². The first-order valence-electron chi connectivity index (χ1n) is 4.93. The van der Waals surface area contributed by atoms with Gasteiger partial charge in [0.25, 0.3) is 0 Å². The van der Waals surface area contributed by atoms with E-state index in [9.17, 15) is 0 Å². The van der Waals surface area contributed by atoms with Gasteiger partial charge in [-0.3, -0.25) is 0 Å². The van der Waals surface area contributed by atoms with Crippen LogP contribution < -0.4 is 4.74 Å². The number of ether oxygens (including phenoxy) is 2. The zero-order chi connectivity index (χ0) is 10.6. The largest absolute Gasteiger partial charge is 0.496 e. The van der Waals surface area contributed by atoms with Crippen LogP contribution >= 0.6 is 0 Å². The highest BCUT2D eigenvalue weighted by Gasteiger charge is 2.11. The maximum atomic E-state index is 5.70. The van der Waals surface area contributed by atoms with Crippen molar-refractivity contribution >= 4 is 0 Å². The van der Waals surface area contributed by atoms with Crippen LogP contribution in [0.4, 0.5) is 0 Å². The Morgan fingerprint density at radius 3 is 2.29 bits per heavy atom. The third-order valence-electron chi connectivity index (χ3n) is 2.05. The molecule has 0 radical (unpaired) electrons. The van der Waals surface area contributed by atoms with Crippen LogP contribution in [-0.2, 0) is 4.74 Å². The standard InChI is InChI=1S/C12H18O2/c1-9(2)14-10(3)11-7-5-6-8-12(11)13-4/h5-10H,1-4H3/t10-/m0/s1. The van der Waals surface area contributed by atoms with Crippen molar-refractivity contribution in [2.24, 2.45) is 0 Å². The molecule has 1 aromatic carbocycles. The maximum absolute atomic E-state index is 5.70. The fraction of sp³-hybridized carbons (Fsp3) is 0.500. The molecule has 14 heavy (non-hydrogen) atoms. The van der Waals surface area contributed by atoms with E-state index in [1.54, 1.807) is 7.11 Å². The average molecular weight is 194 g/mol. The van der Waals surface area contributed by atoms with Crippen LogP contribution in [0.1, 0.15) is 32.4 Å². The summed E-state index contributed by atoms with van der Waals surface area (Å²) in [5.41, 5.74) is 1.10. The first kappa shape index (κ1) is 11.1. The summed E-state index contributed by atoms with van der Waals surface area (Å²) in [5, 5.41) is 0. The molecule has 0 aliphatic heterocycles. The molecule has 0 fully saturated rings. The van der Waals surface area contributed by atoms with Gasteiger partial charge in [0, 0.05) is 5.56 Å². The lowest BCUT2D eigenvalue weighted by Gasteiger charge is -2.18. The maximum Gasteiger partial charge on any atom is 0.124 e. The van der Waals surface area contributed by atoms with Crippen LogP contribution in [0.25, 0.3) is 0 Å². The second-order valence-corrected chi connectivity index (χ2v) is 3.57. The van der Waals surface area contributed by atoms with E-state index in [2.05, 4.69) is 0 Å². The van der Waals surface area contributed by atoms with E-state index in [4.69, 9.17) is 9.47 Å². The molecule has 78 valence electrons. The van der Waals surface area contributed by atoms with Crippen molar-refractivity contribution in [3.05, 3.63) is 29.8 Å². The number of methoxy groups -OCH3 is 1. The van der Waals surface area contributed by atoms with Gasteiger partial charge in [-0.2, -0.15) is 0 Å². The summed E-state index contributed by atoms with van der Waals surface area (Å²) >= 11 is 0. The molecule has 0 aromatic heterocycles. The van der Waals surface area contributed by atoms with Crippen molar-refractivity contribution < 1.29 is 9.47 Å². The lowest BCUT2D eigenvalue weighted by atomic mass is 10.1. The molecule has 0 unspecified atom stereocenters. The number of hydrogen-bond acceptors (Lipinski definition) is 2. The molecule has 0 spiro atoms. The van der Waals surface area contributed by atoms with Crippen molar-refractivity contribution in [3.63, 3.8) is 0 Å². The molecule has 0 N–H and O–H groups in total. The predicted octanol–water partition coefficient (Wildman–Crippen LogP) is 3.18. The second kappa shape index (κ2) is 5.01. The van der Waals surface area contributed by atoms with E-state index in [0.29, 0.717) is 0 Å². The highest BCUT2D eigenvalue weighted by Crippen LogP contribution is 2.27. The van der Waals surface area contributed by atoms with Gasteiger partial charge in [0.2, 0.25) is 0 Å². The van der Waals surface area contributed by atoms with Crippen LogP contribution in [0.2, 0.25) is 0 Å². The molecule has 0 saturated heterocycles. The summed E-state index contributed by atoms with van der Waals surface area (Å²) in [6.07, 6.45) is 0.307. The summed E-state index contributed by atoms with van der Waals surface area (Å²) < 4.78 is 11.0. The molecule has 1 rings (SSSR count). The number of benzene rings is 1. The summed E-state index contributed by atoms with van der Waals surface area (Å²) in [6.45, 7) is 6.11. The number of hydrogen-bond donors (Lipinski definition) is 0. The number of para-hydroxylation sites is 1. The second-order valence-electron chi connectivity index (χ2n) is 3.57. The Kier molecular flexibility index (Phi) is 3.96. The minimum absolute atomic E-state index is 0.0751.